The van der Waals surface area contributed by atoms with Crippen LogP contribution in [0.3, 0.4) is 0 Å². The van der Waals surface area contributed by atoms with Crippen molar-refractivity contribution >= 4 is 17.0 Å². The third-order valence-corrected chi connectivity index (χ3v) is 5.19. The fraction of sp³-hybridized carbons (Fsp3) is 0.238. The predicted molar refractivity (Wildman–Crippen MR) is 111 cm³/mol. The van der Waals surface area contributed by atoms with Crippen LogP contribution in [0.15, 0.2) is 57.9 Å². The van der Waals surface area contributed by atoms with Gasteiger partial charge in [-0.15, -0.1) is 11.3 Å². The van der Waals surface area contributed by atoms with Crippen molar-refractivity contribution in [1.29, 1.82) is 0 Å². The molecule has 0 saturated carbocycles. The first-order valence-electron chi connectivity index (χ1n) is 8.55. The van der Waals surface area contributed by atoms with Crippen LogP contribution in [0.5, 0.6) is 11.5 Å². The number of aryl methyl sites for hydroxylation is 1. The molecular formula is C21H23N3O2S. The Morgan fingerprint density at radius 3 is 2.41 bits per heavy atom. The monoisotopic (exact) mass is 381 g/mol. The molecule has 5 nitrogen and oxygen atoms in total. The lowest BCUT2D eigenvalue weighted by molar-refractivity contribution is 0.404. The van der Waals surface area contributed by atoms with Crippen LogP contribution in [-0.2, 0) is 0 Å². The Kier molecular flexibility index (Phi) is 5.76. The molecule has 0 amide bonds. The van der Waals surface area contributed by atoms with E-state index >= 15 is 0 Å². The predicted octanol–water partition coefficient (Wildman–Crippen LogP) is 4.35. The topological polar surface area (TPSA) is 48.1 Å². The quantitative estimate of drug-likeness (QED) is 0.617. The standard InChI is InChI=1S/C21H23N3O2S/c1-14-6-8-16(9-7-14)15(2)23-24-19(13-27-21(24)22-3)18-12-17(25-4)10-11-20(18)26-5/h6-13H,1-5H3. The highest BCUT2D eigenvalue weighted by atomic mass is 32.1. The number of rotatable bonds is 5. The molecule has 0 radical (unpaired) electrons. The summed E-state index contributed by atoms with van der Waals surface area (Å²) in [5, 5.41) is 6.88. The number of hydrogen-bond donors (Lipinski definition) is 0. The van der Waals surface area contributed by atoms with Gasteiger partial charge in [0.05, 0.1) is 25.6 Å². The summed E-state index contributed by atoms with van der Waals surface area (Å²) in [5.41, 5.74) is 5.02. The number of aromatic nitrogens is 1. The van der Waals surface area contributed by atoms with Gasteiger partial charge in [-0.25, -0.2) is 4.68 Å². The fourth-order valence-electron chi connectivity index (χ4n) is 2.75. The van der Waals surface area contributed by atoms with Gasteiger partial charge in [-0.05, 0) is 37.6 Å². The molecule has 27 heavy (non-hydrogen) atoms. The summed E-state index contributed by atoms with van der Waals surface area (Å²) in [7, 11) is 5.08. The van der Waals surface area contributed by atoms with Crippen molar-refractivity contribution in [2.24, 2.45) is 10.1 Å². The average Bonchev–Trinajstić information content (AvgIpc) is 3.10. The molecule has 1 heterocycles. The number of ether oxygens (including phenoxy) is 2. The van der Waals surface area contributed by atoms with Gasteiger partial charge in [0.15, 0.2) is 0 Å². The Balaban J connectivity index is 2.17. The first kappa shape index (κ1) is 18.9. The van der Waals surface area contributed by atoms with Crippen LogP contribution in [-0.4, -0.2) is 31.7 Å². The van der Waals surface area contributed by atoms with Gasteiger partial charge in [-0.3, -0.25) is 4.99 Å². The highest BCUT2D eigenvalue weighted by Gasteiger charge is 2.14. The summed E-state index contributed by atoms with van der Waals surface area (Å²) < 4.78 is 12.8. The molecule has 140 valence electrons. The lowest BCUT2D eigenvalue weighted by Crippen LogP contribution is -2.14. The van der Waals surface area contributed by atoms with Crippen LogP contribution >= 0.6 is 11.3 Å². The van der Waals surface area contributed by atoms with E-state index in [0.717, 1.165) is 38.8 Å². The molecule has 0 atom stereocenters. The average molecular weight is 382 g/mol. The van der Waals surface area contributed by atoms with Gasteiger partial charge in [0.1, 0.15) is 11.5 Å². The zero-order chi connectivity index (χ0) is 19.4. The van der Waals surface area contributed by atoms with Crippen LogP contribution in [0.2, 0.25) is 0 Å². The summed E-state index contributed by atoms with van der Waals surface area (Å²) in [6, 6.07) is 14.1. The first-order chi connectivity index (χ1) is 13.1. The molecule has 3 aromatic rings. The van der Waals surface area contributed by atoms with Crippen molar-refractivity contribution in [2.45, 2.75) is 13.8 Å². The van der Waals surface area contributed by atoms with Crippen molar-refractivity contribution in [3.8, 4) is 22.8 Å². The summed E-state index contributed by atoms with van der Waals surface area (Å²) >= 11 is 1.54. The Morgan fingerprint density at radius 1 is 1.04 bits per heavy atom. The zero-order valence-corrected chi connectivity index (χ0v) is 17.0. The largest absolute Gasteiger partial charge is 0.497 e. The highest BCUT2D eigenvalue weighted by Crippen LogP contribution is 2.33. The van der Waals surface area contributed by atoms with Gasteiger partial charge < -0.3 is 9.47 Å². The zero-order valence-electron chi connectivity index (χ0n) is 16.2. The maximum atomic E-state index is 5.56. The molecule has 0 bridgehead atoms. The van der Waals surface area contributed by atoms with Gasteiger partial charge >= 0.3 is 0 Å². The van der Waals surface area contributed by atoms with E-state index in [2.05, 4.69) is 36.2 Å². The molecule has 0 N–H and O–H groups in total. The molecule has 0 aliphatic carbocycles. The third-order valence-electron chi connectivity index (χ3n) is 4.28. The van der Waals surface area contributed by atoms with E-state index in [4.69, 9.17) is 14.6 Å². The second kappa shape index (κ2) is 8.22. The van der Waals surface area contributed by atoms with Crippen molar-refractivity contribution < 1.29 is 9.47 Å². The van der Waals surface area contributed by atoms with Crippen LogP contribution in [0, 0.1) is 6.92 Å². The number of methoxy groups -OCH3 is 2. The minimum atomic E-state index is 0.758. The molecule has 6 heteroatoms. The summed E-state index contributed by atoms with van der Waals surface area (Å²) in [6.07, 6.45) is 0. The van der Waals surface area contributed by atoms with Crippen molar-refractivity contribution in [3.05, 3.63) is 63.8 Å². The lowest BCUT2D eigenvalue weighted by Gasteiger charge is -2.11. The van der Waals surface area contributed by atoms with Crippen LogP contribution in [0.25, 0.3) is 11.3 Å². The summed E-state index contributed by atoms with van der Waals surface area (Å²) in [4.78, 5) is 5.18. The van der Waals surface area contributed by atoms with Crippen LogP contribution < -0.4 is 14.3 Å². The molecule has 0 fully saturated rings. The smallest absolute Gasteiger partial charge is 0.205 e. The van der Waals surface area contributed by atoms with Gasteiger partial charge in [0, 0.05) is 18.0 Å². The molecule has 0 saturated heterocycles. The molecule has 0 unspecified atom stereocenters. The Labute approximate surface area is 163 Å². The number of nitrogens with zero attached hydrogens (tertiary/aromatic N) is 3. The van der Waals surface area contributed by atoms with Crippen molar-refractivity contribution in [3.63, 3.8) is 0 Å². The highest BCUT2D eigenvalue weighted by molar-refractivity contribution is 7.07. The van der Waals surface area contributed by atoms with Gasteiger partial charge in [-0.1, -0.05) is 29.8 Å². The van der Waals surface area contributed by atoms with E-state index in [1.807, 2.05) is 35.2 Å². The lowest BCUT2D eigenvalue weighted by atomic mass is 10.1. The molecule has 1 aromatic heterocycles. The molecule has 3 rings (SSSR count). The summed E-state index contributed by atoms with van der Waals surface area (Å²) in [5.74, 6) is 1.52. The van der Waals surface area contributed by atoms with E-state index in [9.17, 15) is 0 Å². The molecule has 0 aliphatic heterocycles. The van der Waals surface area contributed by atoms with Crippen LogP contribution in [0.1, 0.15) is 18.1 Å². The van der Waals surface area contributed by atoms with E-state index in [-0.39, 0.29) is 0 Å². The molecular weight excluding hydrogens is 358 g/mol. The van der Waals surface area contributed by atoms with Gasteiger partial charge in [0.25, 0.3) is 0 Å². The number of hydrogen-bond acceptors (Lipinski definition) is 5. The van der Waals surface area contributed by atoms with Crippen molar-refractivity contribution in [1.82, 2.24) is 4.68 Å². The van der Waals surface area contributed by atoms with E-state index < -0.39 is 0 Å². The number of benzene rings is 2. The second-order valence-electron chi connectivity index (χ2n) is 6.06. The Morgan fingerprint density at radius 2 is 1.78 bits per heavy atom. The van der Waals surface area contributed by atoms with E-state index in [1.165, 1.54) is 16.9 Å². The van der Waals surface area contributed by atoms with E-state index in [1.54, 1.807) is 21.3 Å². The molecule has 0 spiro atoms. The maximum absolute atomic E-state index is 5.56. The SMILES string of the molecule is CN=c1scc(-c2cc(OC)ccc2OC)n1N=C(C)c1ccc(C)cc1. The second-order valence-corrected chi connectivity index (χ2v) is 6.89. The van der Waals surface area contributed by atoms with Gasteiger partial charge in [0.2, 0.25) is 4.80 Å². The minimum Gasteiger partial charge on any atom is -0.497 e. The van der Waals surface area contributed by atoms with Crippen molar-refractivity contribution in [2.75, 3.05) is 21.3 Å². The van der Waals surface area contributed by atoms with E-state index in [0.29, 0.717) is 0 Å². The Bertz CT molecular complexity index is 1030. The minimum absolute atomic E-state index is 0.758. The number of thiazole rings is 1. The van der Waals surface area contributed by atoms with Crippen LogP contribution in [0.4, 0.5) is 0 Å². The maximum Gasteiger partial charge on any atom is 0.205 e. The third kappa shape index (κ3) is 3.95. The fourth-order valence-corrected chi connectivity index (χ4v) is 3.54. The first-order valence-corrected chi connectivity index (χ1v) is 9.43. The Hall–Kier alpha value is -2.86. The summed E-state index contributed by atoms with van der Waals surface area (Å²) in [6.45, 7) is 4.08. The normalized spacial score (nSPS) is 12.3. The molecule has 0 aliphatic rings. The molecule has 2 aromatic carbocycles. The van der Waals surface area contributed by atoms with Gasteiger partial charge in [-0.2, -0.15) is 5.10 Å².